The van der Waals surface area contributed by atoms with Crippen molar-refractivity contribution in [2.45, 2.75) is 182 Å². The summed E-state index contributed by atoms with van der Waals surface area (Å²) < 4.78 is 23.4. The second kappa shape index (κ2) is 29.7. The fourth-order valence-corrected chi connectivity index (χ4v) is 6.11. The number of rotatable bonds is 30. The summed E-state index contributed by atoms with van der Waals surface area (Å²) >= 11 is 0. The Hall–Kier alpha value is 0.150. The monoisotopic (exact) mass is 530 g/mol. The Labute approximate surface area is 228 Å². The third kappa shape index (κ3) is 25.8. The van der Waals surface area contributed by atoms with Crippen LogP contribution in [-0.2, 0) is 13.6 Å². The molecule has 218 valence electrons. The summed E-state index contributed by atoms with van der Waals surface area (Å²) in [7, 11) is -2.33. The van der Waals surface area contributed by atoms with Crippen molar-refractivity contribution in [2.75, 3.05) is 13.2 Å². The lowest BCUT2D eigenvalue weighted by atomic mass is 9.91. The van der Waals surface area contributed by atoms with Gasteiger partial charge in [-0.3, -0.25) is 4.57 Å². The van der Waals surface area contributed by atoms with E-state index in [9.17, 15) is 4.57 Å². The first-order chi connectivity index (χ1) is 17.7. The fraction of sp³-hybridized carbons (Fsp3) is 1.00. The van der Waals surface area contributed by atoms with Crippen molar-refractivity contribution in [1.82, 2.24) is 0 Å². The average molecular weight is 531 g/mol. The van der Waals surface area contributed by atoms with Crippen LogP contribution in [0.2, 0.25) is 0 Å². The van der Waals surface area contributed by atoms with Crippen LogP contribution >= 0.6 is 8.25 Å². The van der Waals surface area contributed by atoms with Gasteiger partial charge in [0.1, 0.15) is 0 Å². The Kier molecular flexibility index (Phi) is 29.8. The molecule has 0 aromatic carbocycles. The normalized spacial score (nSPS) is 12.0. The lowest BCUT2D eigenvalue weighted by molar-refractivity contribution is 0.208. The lowest BCUT2D eigenvalue weighted by Gasteiger charge is -2.17. The van der Waals surface area contributed by atoms with E-state index in [-0.39, 0.29) is 0 Å². The van der Waals surface area contributed by atoms with Gasteiger partial charge < -0.3 is 9.05 Å². The van der Waals surface area contributed by atoms with Gasteiger partial charge in [0.2, 0.25) is 0 Å². The van der Waals surface area contributed by atoms with Gasteiger partial charge in [-0.2, -0.15) is 0 Å². The smallest absolute Gasteiger partial charge is 0.311 e. The first kappa shape index (κ1) is 36.1. The summed E-state index contributed by atoms with van der Waals surface area (Å²) in [5.41, 5.74) is 0. The second-order valence-corrected chi connectivity index (χ2v) is 12.4. The molecule has 0 saturated heterocycles. The van der Waals surface area contributed by atoms with Crippen LogP contribution < -0.4 is 0 Å². The molecule has 0 spiro atoms. The van der Waals surface area contributed by atoms with Crippen LogP contribution in [0.4, 0.5) is 0 Å². The minimum Gasteiger partial charge on any atom is -0.311 e. The highest BCUT2D eigenvalue weighted by atomic mass is 31.1. The van der Waals surface area contributed by atoms with Gasteiger partial charge in [0.05, 0.1) is 13.2 Å². The highest BCUT2D eigenvalue weighted by molar-refractivity contribution is 7.33. The van der Waals surface area contributed by atoms with Gasteiger partial charge in [-0.1, -0.05) is 156 Å². The molecule has 0 saturated carbocycles. The SMILES string of the molecule is CCCCCCC(CCCCCC)CCCO[PH](=O)OCCCC(CCCCCC)CCCCCC. The highest BCUT2D eigenvalue weighted by Gasteiger charge is 2.11. The molecule has 0 heterocycles. The Morgan fingerprint density at radius 1 is 0.417 bits per heavy atom. The molecule has 3 nitrogen and oxygen atoms in total. The van der Waals surface area contributed by atoms with Crippen molar-refractivity contribution in [3.05, 3.63) is 0 Å². The number of unbranched alkanes of at least 4 members (excludes halogenated alkanes) is 12. The topological polar surface area (TPSA) is 35.5 Å². The zero-order valence-corrected chi connectivity index (χ0v) is 26.3. The molecule has 0 amide bonds. The van der Waals surface area contributed by atoms with Crippen LogP contribution in [0.25, 0.3) is 0 Å². The van der Waals surface area contributed by atoms with Gasteiger partial charge in [0.25, 0.3) is 0 Å². The van der Waals surface area contributed by atoms with E-state index >= 15 is 0 Å². The van der Waals surface area contributed by atoms with E-state index < -0.39 is 8.25 Å². The van der Waals surface area contributed by atoms with Gasteiger partial charge >= 0.3 is 8.25 Å². The minimum atomic E-state index is -2.33. The predicted octanol–water partition coefficient (Wildman–Crippen LogP) is 12.1. The molecule has 0 bridgehead atoms. The molecule has 0 radical (unpaired) electrons. The first-order valence-corrected chi connectivity index (χ1v) is 17.7. The number of hydrogen-bond acceptors (Lipinski definition) is 3. The van der Waals surface area contributed by atoms with E-state index in [2.05, 4.69) is 27.7 Å². The maximum absolute atomic E-state index is 12.2. The molecule has 0 aliphatic heterocycles. The maximum Gasteiger partial charge on any atom is 0.319 e. The number of hydrogen-bond donors (Lipinski definition) is 0. The Morgan fingerprint density at radius 3 is 0.972 bits per heavy atom. The summed E-state index contributed by atoms with van der Waals surface area (Å²) in [4.78, 5) is 0. The fourth-order valence-electron chi connectivity index (χ4n) is 5.40. The molecule has 36 heavy (non-hydrogen) atoms. The van der Waals surface area contributed by atoms with Crippen LogP contribution in [-0.4, -0.2) is 13.2 Å². The Bertz CT molecular complexity index is 381. The van der Waals surface area contributed by atoms with Gasteiger partial charge in [-0.25, -0.2) is 0 Å². The standard InChI is InChI=1S/C32H67O3P/c1-5-9-13-17-23-31(24-18-14-10-6-2)27-21-29-34-36(33)35-30-22-28-32(25-19-15-11-7-3)26-20-16-12-8-4/h31-32,36H,5-30H2,1-4H3. The summed E-state index contributed by atoms with van der Waals surface area (Å²) in [6.45, 7) is 10.3. The van der Waals surface area contributed by atoms with Crippen molar-refractivity contribution in [3.8, 4) is 0 Å². The quantitative estimate of drug-likeness (QED) is 0.0684. The molecule has 0 N–H and O–H groups in total. The van der Waals surface area contributed by atoms with Crippen molar-refractivity contribution in [1.29, 1.82) is 0 Å². The maximum atomic E-state index is 12.2. The molecule has 0 fully saturated rings. The van der Waals surface area contributed by atoms with Crippen LogP contribution in [0, 0.1) is 11.8 Å². The van der Waals surface area contributed by atoms with Gasteiger partial charge in [0.15, 0.2) is 0 Å². The van der Waals surface area contributed by atoms with E-state index in [1.165, 1.54) is 141 Å². The third-order valence-electron chi connectivity index (χ3n) is 7.82. The van der Waals surface area contributed by atoms with E-state index in [0.29, 0.717) is 13.2 Å². The summed E-state index contributed by atoms with van der Waals surface area (Å²) in [5.74, 6) is 1.63. The van der Waals surface area contributed by atoms with E-state index in [0.717, 1.165) is 24.7 Å². The van der Waals surface area contributed by atoms with Crippen LogP contribution in [0.1, 0.15) is 182 Å². The predicted molar refractivity (Wildman–Crippen MR) is 161 cm³/mol. The van der Waals surface area contributed by atoms with Gasteiger partial charge in [0, 0.05) is 0 Å². The van der Waals surface area contributed by atoms with Crippen LogP contribution in [0.15, 0.2) is 0 Å². The Morgan fingerprint density at radius 2 is 0.694 bits per heavy atom. The van der Waals surface area contributed by atoms with Crippen LogP contribution in [0.5, 0.6) is 0 Å². The zero-order valence-electron chi connectivity index (χ0n) is 25.3. The summed E-state index contributed by atoms with van der Waals surface area (Å²) in [5, 5.41) is 0. The molecular weight excluding hydrogens is 463 g/mol. The lowest BCUT2D eigenvalue weighted by Crippen LogP contribution is -2.04. The Balaban J connectivity index is 4.05. The highest BCUT2D eigenvalue weighted by Crippen LogP contribution is 2.28. The van der Waals surface area contributed by atoms with Gasteiger partial charge in [-0.15, -0.1) is 0 Å². The van der Waals surface area contributed by atoms with Crippen molar-refractivity contribution < 1.29 is 13.6 Å². The molecule has 4 heteroatoms. The molecule has 0 aromatic heterocycles. The van der Waals surface area contributed by atoms with Crippen LogP contribution in [0.3, 0.4) is 0 Å². The zero-order chi connectivity index (χ0) is 26.5. The van der Waals surface area contributed by atoms with E-state index in [4.69, 9.17) is 9.05 Å². The molecule has 0 atom stereocenters. The van der Waals surface area contributed by atoms with Crippen molar-refractivity contribution in [2.24, 2.45) is 11.8 Å². The minimum absolute atomic E-state index is 0.593. The van der Waals surface area contributed by atoms with E-state index in [1.54, 1.807) is 0 Å². The van der Waals surface area contributed by atoms with Gasteiger partial charge in [-0.05, 0) is 37.5 Å². The second-order valence-electron chi connectivity index (χ2n) is 11.4. The first-order valence-electron chi connectivity index (χ1n) is 16.5. The van der Waals surface area contributed by atoms with E-state index in [1.807, 2.05) is 0 Å². The molecule has 0 rings (SSSR count). The molecule has 0 aliphatic rings. The average Bonchev–Trinajstić information content (AvgIpc) is 2.88. The van der Waals surface area contributed by atoms with Crippen molar-refractivity contribution >= 4 is 8.25 Å². The molecular formula is C32H67O3P. The van der Waals surface area contributed by atoms with Crippen molar-refractivity contribution in [3.63, 3.8) is 0 Å². The largest absolute Gasteiger partial charge is 0.319 e. The molecule has 0 aliphatic carbocycles. The summed E-state index contributed by atoms with van der Waals surface area (Å²) in [6, 6.07) is 0. The third-order valence-corrected chi connectivity index (χ3v) is 8.70. The molecule has 0 aromatic rings. The summed E-state index contributed by atoms with van der Waals surface area (Å²) in [6.07, 6.45) is 31.5. The molecule has 0 unspecified atom stereocenters.